The molecular weight excluding hydrogens is 196 g/mol. The van der Waals surface area contributed by atoms with E-state index in [2.05, 4.69) is 4.74 Å². The SMILES string of the molecule is COC1(O)[C@@H](O)[C@H](O)C(O)[C@@H](O)[C@@H]1O. The fourth-order valence-corrected chi connectivity index (χ4v) is 1.48. The summed E-state index contributed by atoms with van der Waals surface area (Å²) in [6.45, 7) is 0. The lowest BCUT2D eigenvalue weighted by atomic mass is 9.82. The zero-order valence-electron chi connectivity index (χ0n) is 7.48. The third kappa shape index (κ3) is 1.43. The normalized spacial score (nSPS) is 54.6. The minimum atomic E-state index is -2.49. The van der Waals surface area contributed by atoms with E-state index in [1.165, 1.54) is 0 Å². The van der Waals surface area contributed by atoms with Gasteiger partial charge in [-0.25, -0.2) is 0 Å². The molecule has 0 aliphatic heterocycles. The Morgan fingerprint density at radius 2 is 1.21 bits per heavy atom. The molecule has 0 bridgehead atoms. The molecule has 1 fully saturated rings. The van der Waals surface area contributed by atoms with Gasteiger partial charge in [-0.2, -0.15) is 0 Å². The van der Waals surface area contributed by atoms with Crippen LogP contribution in [0.5, 0.6) is 0 Å². The minimum Gasteiger partial charge on any atom is -0.387 e. The molecule has 1 saturated carbocycles. The van der Waals surface area contributed by atoms with Gasteiger partial charge in [0.2, 0.25) is 5.79 Å². The highest BCUT2D eigenvalue weighted by atomic mass is 16.6. The van der Waals surface area contributed by atoms with Crippen LogP contribution in [0.3, 0.4) is 0 Å². The van der Waals surface area contributed by atoms with Crippen molar-refractivity contribution in [2.45, 2.75) is 36.3 Å². The molecule has 0 aromatic carbocycles. The maximum absolute atomic E-state index is 9.52. The van der Waals surface area contributed by atoms with Crippen molar-refractivity contribution in [2.75, 3.05) is 7.11 Å². The molecule has 14 heavy (non-hydrogen) atoms. The third-order valence-electron chi connectivity index (χ3n) is 2.52. The fourth-order valence-electron chi connectivity index (χ4n) is 1.48. The summed E-state index contributed by atoms with van der Waals surface area (Å²) < 4.78 is 4.42. The van der Waals surface area contributed by atoms with Crippen LogP contribution in [-0.2, 0) is 4.74 Å². The predicted molar refractivity (Wildman–Crippen MR) is 42.0 cm³/mol. The van der Waals surface area contributed by atoms with E-state index in [1.807, 2.05) is 0 Å². The van der Waals surface area contributed by atoms with Gasteiger partial charge in [0.15, 0.2) is 0 Å². The Balaban J connectivity index is 2.98. The molecule has 0 radical (unpaired) electrons. The molecule has 0 heterocycles. The Bertz CT molecular complexity index is 192. The first-order valence-electron chi connectivity index (χ1n) is 4.04. The number of methoxy groups -OCH3 is 1. The van der Waals surface area contributed by atoms with Crippen LogP contribution < -0.4 is 0 Å². The van der Waals surface area contributed by atoms with E-state index < -0.39 is 36.3 Å². The smallest absolute Gasteiger partial charge is 0.224 e. The molecule has 0 aromatic rings. The number of aliphatic hydroxyl groups is 6. The van der Waals surface area contributed by atoms with Crippen molar-refractivity contribution < 1.29 is 35.4 Å². The number of hydrogen-bond donors (Lipinski definition) is 6. The summed E-state index contributed by atoms with van der Waals surface area (Å²) in [6, 6.07) is 0. The zero-order chi connectivity index (χ0) is 11.1. The second kappa shape index (κ2) is 3.70. The van der Waals surface area contributed by atoms with Crippen LogP contribution >= 0.6 is 0 Å². The van der Waals surface area contributed by atoms with E-state index in [1.54, 1.807) is 0 Å². The van der Waals surface area contributed by atoms with Gasteiger partial charge in [0.1, 0.15) is 30.5 Å². The monoisotopic (exact) mass is 210 g/mol. The molecule has 0 saturated heterocycles. The lowest BCUT2D eigenvalue weighted by Gasteiger charge is -2.46. The summed E-state index contributed by atoms with van der Waals surface area (Å²) in [7, 11) is 0.990. The summed E-state index contributed by atoms with van der Waals surface area (Å²) >= 11 is 0. The first-order valence-corrected chi connectivity index (χ1v) is 4.04. The highest BCUT2D eigenvalue weighted by molar-refractivity contribution is 5.03. The molecule has 1 aliphatic rings. The fraction of sp³-hybridized carbons (Fsp3) is 1.00. The standard InChI is InChI=1S/C7H14O7/c1-14-7(13)5(11)3(9)2(8)4(10)6(7)12/h2-6,8-13H,1H3/t2?,3-,4-,5+,6+,7?/m1/s1. The van der Waals surface area contributed by atoms with E-state index in [0.29, 0.717) is 0 Å². The van der Waals surface area contributed by atoms with Gasteiger partial charge in [0.05, 0.1) is 0 Å². The van der Waals surface area contributed by atoms with Gasteiger partial charge in [-0.1, -0.05) is 0 Å². The van der Waals surface area contributed by atoms with Crippen molar-refractivity contribution in [1.82, 2.24) is 0 Å². The van der Waals surface area contributed by atoms with Gasteiger partial charge < -0.3 is 35.4 Å². The molecule has 0 aromatic heterocycles. The van der Waals surface area contributed by atoms with Gasteiger partial charge >= 0.3 is 0 Å². The molecule has 84 valence electrons. The van der Waals surface area contributed by atoms with E-state index in [4.69, 9.17) is 5.11 Å². The summed E-state index contributed by atoms with van der Waals surface area (Å²) in [5, 5.41) is 55.6. The summed E-state index contributed by atoms with van der Waals surface area (Å²) in [5.74, 6) is -2.49. The molecule has 1 aliphatic carbocycles. The minimum absolute atomic E-state index is 0.990. The zero-order valence-corrected chi connectivity index (χ0v) is 7.48. The van der Waals surface area contributed by atoms with Crippen LogP contribution in [0.2, 0.25) is 0 Å². The third-order valence-corrected chi connectivity index (χ3v) is 2.52. The number of hydrogen-bond acceptors (Lipinski definition) is 7. The van der Waals surface area contributed by atoms with Crippen LogP contribution in [0.25, 0.3) is 0 Å². The van der Waals surface area contributed by atoms with Gasteiger partial charge in [-0.15, -0.1) is 0 Å². The van der Waals surface area contributed by atoms with Crippen LogP contribution in [0.15, 0.2) is 0 Å². The van der Waals surface area contributed by atoms with Crippen LogP contribution in [0.1, 0.15) is 0 Å². The molecule has 4 atom stereocenters. The van der Waals surface area contributed by atoms with Crippen LogP contribution in [0.4, 0.5) is 0 Å². The number of rotatable bonds is 1. The van der Waals surface area contributed by atoms with Crippen molar-refractivity contribution in [1.29, 1.82) is 0 Å². The van der Waals surface area contributed by atoms with E-state index in [0.717, 1.165) is 7.11 Å². The van der Waals surface area contributed by atoms with E-state index in [9.17, 15) is 25.5 Å². The van der Waals surface area contributed by atoms with Crippen LogP contribution in [-0.4, -0.2) is 74.1 Å². The first kappa shape index (κ1) is 11.8. The highest BCUT2D eigenvalue weighted by Crippen LogP contribution is 2.30. The van der Waals surface area contributed by atoms with Crippen molar-refractivity contribution in [3.8, 4) is 0 Å². The van der Waals surface area contributed by atoms with E-state index in [-0.39, 0.29) is 0 Å². The number of aliphatic hydroxyl groups excluding tert-OH is 5. The molecule has 7 heteroatoms. The Labute approximate surface area is 79.8 Å². The lowest BCUT2D eigenvalue weighted by molar-refractivity contribution is -0.353. The maximum Gasteiger partial charge on any atom is 0.224 e. The van der Waals surface area contributed by atoms with Crippen molar-refractivity contribution >= 4 is 0 Å². The van der Waals surface area contributed by atoms with E-state index >= 15 is 0 Å². The molecule has 0 spiro atoms. The Kier molecular flexibility index (Phi) is 3.12. The van der Waals surface area contributed by atoms with Crippen LogP contribution in [0, 0.1) is 0 Å². The average molecular weight is 210 g/mol. The van der Waals surface area contributed by atoms with Gasteiger partial charge in [-0.3, -0.25) is 0 Å². The molecule has 6 N–H and O–H groups in total. The Hall–Kier alpha value is -0.280. The maximum atomic E-state index is 9.52. The largest absolute Gasteiger partial charge is 0.387 e. The predicted octanol–water partition coefficient (Wildman–Crippen LogP) is -3.86. The molecule has 7 nitrogen and oxygen atoms in total. The Morgan fingerprint density at radius 1 is 0.857 bits per heavy atom. The quantitative estimate of drug-likeness (QED) is 0.244. The summed E-state index contributed by atoms with van der Waals surface area (Å²) in [4.78, 5) is 0. The van der Waals surface area contributed by atoms with Gasteiger partial charge in [0.25, 0.3) is 0 Å². The van der Waals surface area contributed by atoms with Crippen molar-refractivity contribution in [2.24, 2.45) is 0 Å². The first-order chi connectivity index (χ1) is 6.36. The molecule has 1 rings (SSSR count). The summed E-state index contributed by atoms with van der Waals surface area (Å²) in [6.07, 6.45) is -9.13. The Morgan fingerprint density at radius 3 is 1.50 bits per heavy atom. The highest BCUT2D eigenvalue weighted by Gasteiger charge is 2.58. The number of ether oxygens (including phenoxy) is 1. The van der Waals surface area contributed by atoms with Gasteiger partial charge in [-0.05, 0) is 0 Å². The molecule has 0 amide bonds. The molecule has 0 unspecified atom stereocenters. The average Bonchev–Trinajstić information content (AvgIpc) is 2.21. The van der Waals surface area contributed by atoms with Crippen molar-refractivity contribution in [3.63, 3.8) is 0 Å². The second-order valence-corrected chi connectivity index (χ2v) is 3.32. The summed E-state index contributed by atoms with van der Waals surface area (Å²) in [5.41, 5.74) is 0. The lowest BCUT2D eigenvalue weighted by Crippen LogP contribution is -2.71. The molecular formula is C7H14O7. The van der Waals surface area contributed by atoms with Gasteiger partial charge in [0, 0.05) is 7.11 Å². The second-order valence-electron chi connectivity index (χ2n) is 3.32. The topological polar surface area (TPSA) is 131 Å². The van der Waals surface area contributed by atoms with Crippen molar-refractivity contribution in [3.05, 3.63) is 0 Å².